The van der Waals surface area contributed by atoms with Gasteiger partial charge in [0.1, 0.15) is 0 Å². The average molecular weight is 252 g/mol. The van der Waals surface area contributed by atoms with Crippen molar-refractivity contribution in [1.82, 2.24) is 12.3 Å². The molecule has 0 atom stereocenters. The number of hydrogen-bond donors (Lipinski definition) is 2. The summed E-state index contributed by atoms with van der Waals surface area (Å²) >= 11 is 0. The molecule has 15 heavy (non-hydrogen) atoms. The molecule has 8 N–H and O–H groups in total. The third-order valence-corrected chi connectivity index (χ3v) is 0. The summed E-state index contributed by atoms with van der Waals surface area (Å²) in [5, 5.41) is 31.2. The molecule has 0 aliphatic rings. The van der Waals surface area contributed by atoms with Crippen LogP contribution in [0.15, 0.2) is 0 Å². The Balaban J connectivity index is -0.00000000396. The molecule has 0 saturated carbocycles. The van der Waals surface area contributed by atoms with E-state index in [9.17, 15) is 0 Å². The van der Waals surface area contributed by atoms with Crippen molar-refractivity contribution in [2.24, 2.45) is 0 Å². The van der Waals surface area contributed by atoms with Gasteiger partial charge >= 0.3 is 27.3 Å². The molecule has 0 spiro atoms. The van der Waals surface area contributed by atoms with E-state index in [0.717, 1.165) is 0 Å². The zero-order valence-electron chi connectivity index (χ0n) is 7.95. The zero-order valence-corrected chi connectivity index (χ0v) is 9.05. The first-order chi connectivity index (χ1) is 6.00. The summed E-state index contributed by atoms with van der Waals surface area (Å²) in [6.07, 6.45) is 0. The zero-order chi connectivity index (χ0) is 12.0. The Morgan fingerprint density at radius 2 is 0.467 bits per heavy atom. The summed E-state index contributed by atoms with van der Waals surface area (Å²) in [6.45, 7) is 23.8. The van der Waals surface area contributed by atoms with E-state index < -0.39 is 0 Å². The second kappa shape index (κ2) is 216. The molecule has 0 aromatic heterocycles. The van der Waals surface area contributed by atoms with Crippen molar-refractivity contribution >= 4 is 0 Å². The fraction of sp³-hybridized carbons (Fsp3) is 0. The van der Waals surface area contributed by atoms with Gasteiger partial charge in [-0.3, -0.25) is 0 Å². The minimum Gasteiger partial charge on any atom is -0.512 e. The molecule has 0 rings (SSSR count). The summed E-state index contributed by atoms with van der Waals surface area (Å²) in [5.41, 5.74) is 5.75. The van der Waals surface area contributed by atoms with E-state index in [-0.39, 0.29) is 29.4 Å². The minimum absolute atomic E-state index is 0. The molecule has 0 radical (unpaired) electrons. The molecule has 0 aromatic rings. The standard InChI is InChI=1S/5CN.Fe.NO.2H3N/c5*1-2;;1-2;;/h;;;;;;;2*1H3/q5*-1;+2;+1;;/p+2. The second-order valence-corrected chi connectivity index (χ2v) is 0. The van der Waals surface area contributed by atoms with Crippen molar-refractivity contribution in [3.05, 3.63) is 32.9 Å². The van der Waals surface area contributed by atoms with Crippen LogP contribution in [0, 0.1) is 64.6 Å². The van der Waals surface area contributed by atoms with Gasteiger partial charge in [-0.05, 0) is 0 Å². The Morgan fingerprint density at radius 3 is 0.467 bits per heavy atom. The normalized spacial score (nSPS) is 0.800. The van der Waals surface area contributed by atoms with Crippen LogP contribution >= 0.6 is 0 Å². The van der Waals surface area contributed by atoms with Crippen LogP contribution in [-0.2, 0) is 21.8 Å². The average Bonchev–Trinajstić information content (AvgIpc) is 2.33. The molecule has 82 valence electrons. The molecule has 9 nitrogen and oxygen atoms in total. The maximum Gasteiger partial charge on any atom is 2.00 e. The van der Waals surface area contributed by atoms with E-state index in [4.69, 9.17) is 69.4 Å². The molecule has 0 aliphatic heterocycles. The van der Waals surface area contributed by atoms with Crippen LogP contribution in [0.4, 0.5) is 0 Å². The molecular formula is C5H8FeN8O. The number of hydrogen-bond acceptors (Lipinski definition) is 6. The summed E-state index contributed by atoms with van der Waals surface area (Å²) < 4.78 is 7.25. The van der Waals surface area contributed by atoms with Crippen molar-refractivity contribution in [3.8, 4) is 0 Å². The molecule has 0 saturated heterocycles. The van der Waals surface area contributed by atoms with Gasteiger partial charge in [0.15, 0.2) is 0 Å². The minimum atomic E-state index is 0. The molecule has 10 heteroatoms. The summed E-state index contributed by atoms with van der Waals surface area (Å²) in [7, 11) is 0. The molecule has 0 heterocycles. The molecule has 0 aliphatic carbocycles. The van der Waals surface area contributed by atoms with E-state index >= 15 is 0 Å². The number of nitrogens with zero attached hydrogens (tertiary/aromatic N) is 6. The van der Waals surface area contributed by atoms with Crippen molar-refractivity contribution < 1.29 is 21.8 Å². The predicted molar refractivity (Wildman–Crippen MR) is 39.2 cm³/mol. The third kappa shape index (κ3) is 177. The second-order valence-electron chi connectivity index (χ2n) is 0. The van der Waals surface area contributed by atoms with Gasteiger partial charge in [-0.25, -0.2) is 0 Å². The Bertz CT molecular complexity index is 98.1. The fourth-order valence-corrected chi connectivity index (χ4v) is 0. The van der Waals surface area contributed by atoms with Gasteiger partial charge in [0.05, 0.1) is 0 Å². The molecule has 0 unspecified atom stereocenters. The Labute approximate surface area is 99.3 Å². The number of quaternary nitrogens is 2. The first kappa shape index (κ1) is 132. The largest absolute Gasteiger partial charge is 2.00 e. The predicted octanol–water partition coefficient (Wildman–Crippen LogP) is 1.13. The SMILES string of the molecule is N#[O+].[C-]#N.[C-]#N.[C-]#N.[C-]#N.[C-]#N.[Fe+2].[NH4+].[NH4+]. The molecule has 0 amide bonds. The van der Waals surface area contributed by atoms with Crippen molar-refractivity contribution in [2.45, 2.75) is 0 Å². The fourth-order valence-electron chi connectivity index (χ4n) is 0. The summed E-state index contributed by atoms with van der Waals surface area (Å²) in [4.78, 5) is 0. The van der Waals surface area contributed by atoms with Crippen LogP contribution in [0.5, 0.6) is 0 Å². The smallest absolute Gasteiger partial charge is 0.512 e. The van der Waals surface area contributed by atoms with Gasteiger partial charge < -0.3 is 71.5 Å². The third-order valence-electron chi connectivity index (χ3n) is 0. The van der Waals surface area contributed by atoms with Gasteiger partial charge in [0, 0.05) is 0 Å². The first-order valence-corrected chi connectivity index (χ1v) is 1.30. The van der Waals surface area contributed by atoms with Crippen molar-refractivity contribution in [1.29, 1.82) is 31.8 Å². The Kier molecular flexibility index (Phi) is 1910. The maximum atomic E-state index is 7.25. The van der Waals surface area contributed by atoms with Crippen molar-refractivity contribution in [3.63, 3.8) is 0 Å². The van der Waals surface area contributed by atoms with Crippen molar-refractivity contribution in [2.75, 3.05) is 0 Å². The topological polar surface area (TPSA) is 236 Å². The monoisotopic (exact) mass is 252 g/mol. The molecule has 0 aromatic carbocycles. The van der Waals surface area contributed by atoms with Gasteiger partial charge in [-0.1, -0.05) is 0 Å². The maximum absolute atomic E-state index is 7.25. The Morgan fingerprint density at radius 1 is 0.467 bits per heavy atom. The van der Waals surface area contributed by atoms with Crippen LogP contribution in [0.2, 0.25) is 0 Å². The van der Waals surface area contributed by atoms with Crippen LogP contribution in [0.25, 0.3) is 0 Å². The molecule has 0 bridgehead atoms. The van der Waals surface area contributed by atoms with E-state index in [1.165, 1.54) is 0 Å². The van der Waals surface area contributed by atoms with Gasteiger partial charge in [0.25, 0.3) is 0 Å². The van der Waals surface area contributed by atoms with Gasteiger partial charge in [-0.15, -0.1) is 0 Å². The van der Waals surface area contributed by atoms with E-state index in [1.54, 1.807) is 0 Å². The van der Waals surface area contributed by atoms with Crippen LogP contribution in [0.1, 0.15) is 0 Å². The molecular weight excluding hydrogens is 244 g/mol. The van der Waals surface area contributed by atoms with E-state index in [1.807, 2.05) is 0 Å². The number of rotatable bonds is 0. The van der Waals surface area contributed by atoms with Crippen LogP contribution in [-0.4, -0.2) is 0 Å². The molecule has 0 fully saturated rings. The van der Waals surface area contributed by atoms with Crippen LogP contribution in [0.3, 0.4) is 0 Å². The van der Waals surface area contributed by atoms with Gasteiger partial charge in [0.2, 0.25) is 0 Å². The van der Waals surface area contributed by atoms with E-state index in [0.29, 0.717) is 0 Å². The van der Waals surface area contributed by atoms with E-state index in [2.05, 4.69) is 0 Å². The first-order valence-electron chi connectivity index (χ1n) is 1.30. The Hall–Kier alpha value is -2.44. The van der Waals surface area contributed by atoms with Gasteiger partial charge in [-0.2, -0.15) is 0 Å². The summed E-state index contributed by atoms with van der Waals surface area (Å²) in [6, 6.07) is 0. The summed E-state index contributed by atoms with van der Waals surface area (Å²) in [5.74, 6) is 0. The van der Waals surface area contributed by atoms with Crippen LogP contribution < -0.4 is 12.3 Å². The quantitative estimate of drug-likeness (QED) is 0.363.